The molecule has 2 amide bonds. The van der Waals surface area contributed by atoms with Crippen LogP contribution in [0.15, 0.2) is 18.3 Å². The first-order valence-electron chi connectivity index (χ1n) is 12.9. The Kier molecular flexibility index (Phi) is 41.1. The third-order valence-corrected chi connectivity index (χ3v) is 4.54. The number of rotatable bonds is 4. The normalized spacial score (nSPS) is 15.9. The molecule has 2 aliphatic rings. The van der Waals surface area contributed by atoms with E-state index in [2.05, 4.69) is 16.9 Å². The third-order valence-electron chi connectivity index (χ3n) is 3.79. The fraction of sp³-hybridized carbons (Fsp3) is 0.778. The minimum absolute atomic E-state index is 0. The smallest absolute Gasteiger partial charge is 0.410 e. The number of carbonyl (C=O) groups is 2. The Morgan fingerprint density at radius 2 is 1.33 bits per heavy atom. The first-order chi connectivity index (χ1) is 17.5. The molecule has 0 spiro atoms. The topological polar surface area (TPSA) is 116 Å². The Balaban J connectivity index is -0.0000000957. The minimum Gasteiger partial charge on any atom is -0.443 e. The SMILES string of the molecule is C.C.C=C(C)C(Cl)Cl.CC.CC.CC.CC.CN1C[C@H](CN)OC1=O.Cc1cn(C[C@H]2CN(C)C(=O)O2)nn1. The van der Waals surface area contributed by atoms with Crippen LogP contribution in [0.25, 0.3) is 0 Å². The molecule has 0 radical (unpaired) electrons. The summed E-state index contributed by atoms with van der Waals surface area (Å²) in [6.45, 7) is 25.4. The standard InChI is InChI=1S/C8H12N4O2.C5H10N2O2.C4H6Cl2.4C2H6.2CH4/c1-6-3-12(10-9-6)5-7-4-11(2)8(13)14-7;1-7-3-4(2-6)9-5(7)8;1-3(2)4(5)6;4*1-2;;/h3,7H,4-5H2,1-2H3;4H,2-3,6H2,1H3;4H,1H2,2H3;4*1-2H3;2*1H4/t7-;4-;;;;;;;/m10......./s1. The number of alkyl halides is 2. The van der Waals surface area contributed by atoms with Crippen LogP contribution < -0.4 is 5.73 Å². The maximum atomic E-state index is 11.0. The van der Waals surface area contributed by atoms with Gasteiger partial charge in [-0.2, -0.15) is 0 Å². The van der Waals surface area contributed by atoms with Crippen LogP contribution in [0.1, 0.15) is 82.9 Å². The Bertz CT molecular complexity index is 706. The molecule has 12 heteroatoms. The van der Waals surface area contributed by atoms with Crippen molar-refractivity contribution in [2.75, 3.05) is 33.7 Å². The van der Waals surface area contributed by atoms with Gasteiger partial charge in [0.1, 0.15) is 17.0 Å². The van der Waals surface area contributed by atoms with Gasteiger partial charge < -0.3 is 25.0 Å². The highest BCUT2D eigenvalue weighted by atomic mass is 35.5. The number of halogens is 2. The van der Waals surface area contributed by atoms with Crippen molar-refractivity contribution in [1.82, 2.24) is 24.8 Å². The Morgan fingerprint density at radius 3 is 1.54 bits per heavy atom. The number of carbonyl (C=O) groups excluding carboxylic acids is 2. The van der Waals surface area contributed by atoms with E-state index in [1.54, 1.807) is 30.6 Å². The van der Waals surface area contributed by atoms with Crippen LogP contribution in [0, 0.1) is 6.92 Å². The van der Waals surface area contributed by atoms with Crippen LogP contribution in [0.2, 0.25) is 0 Å². The zero-order valence-corrected chi connectivity index (χ0v) is 26.6. The Labute approximate surface area is 250 Å². The molecule has 10 nitrogen and oxygen atoms in total. The molecule has 3 heterocycles. The fourth-order valence-corrected chi connectivity index (χ4v) is 2.21. The van der Waals surface area contributed by atoms with E-state index in [1.165, 1.54) is 4.90 Å². The number of nitrogens with two attached hydrogens (primary N) is 1. The van der Waals surface area contributed by atoms with E-state index < -0.39 is 4.84 Å². The number of aromatic nitrogens is 3. The highest BCUT2D eigenvalue weighted by Gasteiger charge is 2.28. The summed E-state index contributed by atoms with van der Waals surface area (Å²) in [5.74, 6) is 0. The summed E-state index contributed by atoms with van der Waals surface area (Å²) in [7, 11) is 3.41. The lowest BCUT2D eigenvalue weighted by atomic mass is 10.3. The van der Waals surface area contributed by atoms with Gasteiger partial charge in [0.15, 0.2) is 0 Å². The predicted molar refractivity (Wildman–Crippen MR) is 169 cm³/mol. The van der Waals surface area contributed by atoms with E-state index in [0.29, 0.717) is 26.2 Å². The number of hydrogen-bond donors (Lipinski definition) is 1. The summed E-state index contributed by atoms with van der Waals surface area (Å²) >= 11 is 10.6. The number of cyclic esters (lactones) is 2. The molecule has 1 aromatic heterocycles. The summed E-state index contributed by atoms with van der Waals surface area (Å²) < 4.78 is 11.6. The van der Waals surface area contributed by atoms with Gasteiger partial charge in [-0.05, 0) is 19.4 Å². The van der Waals surface area contributed by atoms with Crippen molar-refractivity contribution in [3.8, 4) is 0 Å². The lowest BCUT2D eigenvalue weighted by molar-refractivity contribution is 0.124. The number of hydrogen-bond acceptors (Lipinski definition) is 7. The molecule has 0 unspecified atom stereocenters. The van der Waals surface area contributed by atoms with Gasteiger partial charge in [-0.15, -0.1) is 28.3 Å². The van der Waals surface area contributed by atoms with Gasteiger partial charge in [0, 0.05) is 26.8 Å². The van der Waals surface area contributed by atoms with Crippen molar-refractivity contribution in [3.63, 3.8) is 0 Å². The van der Waals surface area contributed by atoms with E-state index in [1.807, 2.05) is 68.5 Å². The third kappa shape index (κ3) is 24.7. The Hall–Kier alpha value is -2.04. The maximum Gasteiger partial charge on any atom is 0.410 e. The van der Waals surface area contributed by atoms with Crippen LogP contribution in [0.4, 0.5) is 9.59 Å². The molecule has 236 valence electrons. The summed E-state index contributed by atoms with van der Waals surface area (Å²) in [5, 5.41) is 7.74. The van der Waals surface area contributed by atoms with Gasteiger partial charge in [0.2, 0.25) is 0 Å². The number of ether oxygens (including phenoxy) is 2. The quantitative estimate of drug-likeness (QED) is 0.286. The number of allylic oxidation sites excluding steroid dienone is 1. The van der Waals surface area contributed by atoms with Crippen LogP contribution in [-0.4, -0.2) is 87.8 Å². The van der Waals surface area contributed by atoms with Gasteiger partial charge in [0.25, 0.3) is 0 Å². The summed E-state index contributed by atoms with van der Waals surface area (Å²) in [5.41, 5.74) is 6.91. The second-order valence-electron chi connectivity index (χ2n) is 6.74. The van der Waals surface area contributed by atoms with Gasteiger partial charge in [-0.25, -0.2) is 14.3 Å². The second-order valence-corrected chi connectivity index (χ2v) is 7.83. The van der Waals surface area contributed by atoms with E-state index >= 15 is 0 Å². The van der Waals surface area contributed by atoms with Crippen molar-refractivity contribution in [2.45, 2.75) is 108 Å². The average molecular weight is 604 g/mol. The van der Waals surface area contributed by atoms with E-state index in [0.717, 1.165) is 11.3 Å². The van der Waals surface area contributed by atoms with E-state index in [9.17, 15) is 9.59 Å². The van der Waals surface area contributed by atoms with E-state index in [4.69, 9.17) is 38.4 Å². The van der Waals surface area contributed by atoms with Crippen LogP contribution >= 0.6 is 23.2 Å². The summed E-state index contributed by atoms with van der Waals surface area (Å²) in [6.07, 6.45) is 1.07. The zero-order chi connectivity index (χ0) is 30.1. The molecule has 1 aromatic rings. The first kappa shape index (κ1) is 49.9. The lowest BCUT2D eigenvalue weighted by Gasteiger charge is -2.06. The molecule has 2 fully saturated rings. The van der Waals surface area contributed by atoms with E-state index in [-0.39, 0.29) is 39.2 Å². The number of amides is 2. The molecule has 2 atom stereocenters. The molecule has 39 heavy (non-hydrogen) atoms. The van der Waals surface area contributed by atoms with Crippen LogP contribution in [0.3, 0.4) is 0 Å². The van der Waals surface area contributed by atoms with Gasteiger partial charge in [-0.1, -0.05) is 82.0 Å². The van der Waals surface area contributed by atoms with Crippen molar-refractivity contribution in [3.05, 3.63) is 24.0 Å². The minimum atomic E-state index is -0.398. The molecular weight excluding hydrogens is 543 g/mol. The molecule has 0 aromatic carbocycles. The van der Waals surface area contributed by atoms with Gasteiger partial charge in [-0.3, -0.25) is 0 Å². The molecule has 2 aliphatic heterocycles. The monoisotopic (exact) mass is 602 g/mol. The maximum absolute atomic E-state index is 11.0. The number of nitrogens with zero attached hydrogens (tertiary/aromatic N) is 5. The van der Waals surface area contributed by atoms with Crippen LogP contribution in [0.5, 0.6) is 0 Å². The molecule has 0 saturated carbocycles. The molecule has 2 saturated heterocycles. The first-order valence-corrected chi connectivity index (χ1v) is 13.7. The Morgan fingerprint density at radius 1 is 0.974 bits per heavy atom. The lowest BCUT2D eigenvalue weighted by Crippen LogP contribution is -2.24. The fourth-order valence-electron chi connectivity index (χ4n) is 2.21. The highest BCUT2D eigenvalue weighted by molar-refractivity contribution is 6.46. The highest BCUT2D eigenvalue weighted by Crippen LogP contribution is 2.10. The van der Waals surface area contributed by atoms with Crippen molar-refractivity contribution in [2.24, 2.45) is 5.73 Å². The second kappa shape index (κ2) is 32.2. The molecule has 0 bridgehead atoms. The molecule has 3 rings (SSSR count). The van der Waals surface area contributed by atoms with Gasteiger partial charge in [0.05, 0.1) is 25.3 Å². The summed E-state index contributed by atoms with van der Waals surface area (Å²) in [6, 6.07) is 0. The molecular formula is C27H60Cl2N6O4. The van der Waals surface area contributed by atoms with Gasteiger partial charge >= 0.3 is 12.2 Å². The molecule has 0 aliphatic carbocycles. The van der Waals surface area contributed by atoms with Crippen molar-refractivity contribution in [1.29, 1.82) is 0 Å². The number of likely N-dealkylation sites (N-methyl/N-ethyl adjacent to an activating group) is 2. The largest absolute Gasteiger partial charge is 0.443 e. The van der Waals surface area contributed by atoms with Crippen molar-refractivity contribution < 1.29 is 19.1 Å². The van der Waals surface area contributed by atoms with Crippen LogP contribution in [-0.2, 0) is 16.0 Å². The summed E-state index contributed by atoms with van der Waals surface area (Å²) in [4.78, 5) is 24.3. The zero-order valence-electron chi connectivity index (χ0n) is 25.0. The predicted octanol–water partition coefficient (Wildman–Crippen LogP) is 7.18. The van der Waals surface area contributed by atoms with Crippen molar-refractivity contribution >= 4 is 35.4 Å². The molecule has 2 N–H and O–H groups in total. The average Bonchev–Trinajstić information content (AvgIpc) is 3.57. The number of aryl methyl sites for hydroxylation is 1.